The van der Waals surface area contributed by atoms with Gasteiger partial charge in [-0.05, 0) is 24.3 Å². The molecule has 0 aromatic heterocycles. The van der Waals surface area contributed by atoms with Crippen molar-refractivity contribution in [3.63, 3.8) is 0 Å². The Morgan fingerprint density at radius 2 is 2.20 bits per heavy atom. The second kappa shape index (κ2) is 5.63. The van der Waals surface area contributed by atoms with Crippen LogP contribution in [0.3, 0.4) is 0 Å². The predicted octanol–water partition coefficient (Wildman–Crippen LogP) is 3.01. The molecule has 0 saturated heterocycles. The summed E-state index contributed by atoms with van der Waals surface area (Å²) in [6, 6.07) is 4.82. The highest BCUT2D eigenvalue weighted by molar-refractivity contribution is 6.35. The van der Waals surface area contributed by atoms with Gasteiger partial charge >= 0.3 is 5.97 Å². The molecule has 80 valence electrons. The molecule has 0 spiro atoms. The van der Waals surface area contributed by atoms with E-state index < -0.39 is 5.97 Å². The van der Waals surface area contributed by atoms with Crippen LogP contribution in [0.1, 0.15) is 0 Å². The van der Waals surface area contributed by atoms with Crippen molar-refractivity contribution in [1.29, 1.82) is 0 Å². The van der Waals surface area contributed by atoms with Crippen LogP contribution < -0.4 is 4.74 Å². The number of halogens is 2. The van der Waals surface area contributed by atoms with E-state index in [9.17, 15) is 4.79 Å². The molecule has 1 rings (SSSR count). The summed E-state index contributed by atoms with van der Waals surface area (Å²) in [6.07, 6.45) is 2.39. The Morgan fingerprint density at radius 3 is 2.80 bits per heavy atom. The van der Waals surface area contributed by atoms with Gasteiger partial charge in [-0.2, -0.15) is 0 Å². The average molecular weight is 247 g/mol. The lowest BCUT2D eigenvalue weighted by Crippen LogP contribution is -1.96. The number of carboxylic acids is 1. The van der Waals surface area contributed by atoms with Gasteiger partial charge in [0.1, 0.15) is 12.4 Å². The Kier molecular flexibility index (Phi) is 4.46. The van der Waals surface area contributed by atoms with E-state index in [0.29, 0.717) is 15.8 Å². The van der Waals surface area contributed by atoms with E-state index in [1.54, 1.807) is 18.2 Å². The average Bonchev–Trinajstić information content (AvgIpc) is 2.14. The largest absolute Gasteiger partial charge is 0.488 e. The third-order valence-electron chi connectivity index (χ3n) is 1.49. The lowest BCUT2D eigenvalue weighted by atomic mass is 10.3. The van der Waals surface area contributed by atoms with Gasteiger partial charge in [-0.1, -0.05) is 23.2 Å². The van der Waals surface area contributed by atoms with Crippen LogP contribution in [0.15, 0.2) is 30.4 Å². The standard InChI is InChI=1S/C10H8Cl2O3/c11-7-3-4-9(8(12)6-7)15-5-1-2-10(13)14/h1-4,6H,5H2,(H,13,14). The number of carbonyl (C=O) groups is 1. The Balaban J connectivity index is 2.54. The highest BCUT2D eigenvalue weighted by Gasteiger charge is 2.00. The molecule has 1 aromatic rings. The molecule has 0 aliphatic rings. The minimum atomic E-state index is -1.01. The summed E-state index contributed by atoms with van der Waals surface area (Å²) in [5.41, 5.74) is 0. The molecule has 3 nitrogen and oxygen atoms in total. The first kappa shape index (κ1) is 11.9. The van der Waals surface area contributed by atoms with Crippen molar-refractivity contribution >= 4 is 29.2 Å². The van der Waals surface area contributed by atoms with E-state index in [1.165, 1.54) is 6.08 Å². The molecule has 0 bridgehead atoms. The minimum absolute atomic E-state index is 0.146. The topological polar surface area (TPSA) is 46.5 Å². The number of hydrogen-bond donors (Lipinski definition) is 1. The van der Waals surface area contributed by atoms with Crippen molar-refractivity contribution in [2.24, 2.45) is 0 Å². The zero-order valence-corrected chi connectivity index (χ0v) is 9.13. The smallest absolute Gasteiger partial charge is 0.328 e. The minimum Gasteiger partial charge on any atom is -0.488 e. The maximum atomic E-state index is 10.1. The van der Waals surface area contributed by atoms with Gasteiger partial charge in [-0.25, -0.2) is 4.79 Å². The monoisotopic (exact) mass is 246 g/mol. The Morgan fingerprint density at radius 1 is 1.47 bits per heavy atom. The van der Waals surface area contributed by atoms with Crippen molar-refractivity contribution in [1.82, 2.24) is 0 Å². The number of ether oxygens (including phenoxy) is 1. The summed E-state index contributed by atoms with van der Waals surface area (Å²) in [4.78, 5) is 10.1. The summed E-state index contributed by atoms with van der Waals surface area (Å²) in [7, 11) is 0. The van der Waals surface area contributed by atoms with Crippen LogP contribution in [0.25, 0.3) is 0 Å². The maximum Gasteiger partial charge on any atom is 0.328 e. The molecular weight excluding hydrogens is 239 g/mol. The molecule has 0 atom stereocenters. The summed E-state index contributed by atoms with van der Waals surface area (Å²) < 4.78 is 5.20. The van der Waals surface area contributed by atoms with Crippen LogP contribution in [-0.2, 0) is 4.79 Å². The molecule has 0 saturated carbocycles. The van der Waals surface area contributed by atoms with E-state index >= 15 is 0 Å². The molecule has 0 radical (unpaired) electrons. The van der Waals surface area contributed by atoms with Gasteiger partial charge in [-0.15, -0.1) is 0 Å². The fourth-order valence-electron chi connectivity index (χ4n) is 0.879. The lowest BCUT2D eigenvalue weighted by molar-refractivity contribution is -0.131. The van der Waals surface area contributed by atoms with Crippen molar-refractivity contribution in [3.8, 4) is 5.75 Å². The molecule has 5 heteroatoms. The summed E-state index contributed by atoms with van der Waals surface area (Å²) in [6.45, 7) is 0.146. The third-order valence-corrected chi connectivity index (χ3v) is 2.02. The number of carboxylic acid groups (broad SMARTS) is 1. The molecule has 1 aromatic carbocycles. The van der Waals surface area contributed by atoms with Crippen LogP contribution in [-0.4, -0.2) is 17.7 Å². The Bertz CT molecular complexity index is 388. The van der Waals surface area contributed by atoms with Crippen molar-refractivity contribution in [2.45, 2.75) is 0 Å². The van der Waals surface area contributed by atoms with Gasteiger partial charge in [0, 0.05) is 11.1 Å². The van der Waals surface area contributed by atoms with Crippen molar-refractivity contribution < 1.29 is 14.6 Å². The summed E-state index contributed by atoms with van der Waals surface area (Å²) in [5.74, 6) is -0.545. The highest BCUT2D eigenvalue weighted by atomic mass is 35.5. The van der Waals surface area contributed by atoms with E-state index in [0.717, 1.165) is 6.08 Å². The fourth-order valence-corrected chi connectivity index (χ4v) is 1.34. The Hall–Kier alpha value is -1.19. The van der Waals surface area contributed by atoms with Gasteiger partial charge in [0.25, 0.3) is 0 Å². The van der Waals surface area contributed by atoms with E-state index in [1.807, 2.05) is 0 Å². The fraction of sp³-hybridized carbons (Fsp3) is 0.100. The molecule has 1 N–H and O–H groups in total. The summed E-state index contributed by atoms with van der Waals surface area (Å²) >= 11 is 11.5. The quantitative estimate of drug-likeness (QED) is 0.832. The normalized spacial score (nSPS) is 10.5. The van der Waals surface area contributed by atoms with Crippen LogP contribution >= 0.6 is 23.2 Å². The van der Waals surface area contributed by atoms with Crippen molar-refractivity contribution in [2.75, 3.05) is 6.61 Å². The SMILES string of the molecule is O=C(O)C=CCOc1ccc(Cl)cc1Cl. The molecule has 15 heavy (non-hydrogen) atoms. The summed E-state index contributed by atoms with van der Waals surface area (Å²) in [5, 5.41) is 9.23. The number of hydrogen-bond acceptors (Lipinski definition) is 2. The van der Waals surface area contributed by atoms with Gasteiger partial charge in [-0.3, -0.25) is 0 Å². The number of benzene rings is 1. The van der Waals surface area contributed by atoms with Gasteiger partial charge in [0.2, 0.25) is 0 Å². The van der Waals surface area contributed by atoms with E-state index in [-0.39, 0.29) is 6.61 Å². The van der Waals surface area contributed by atoms with E-state index in [2.05, 4.69) is 0 Å². The molecule has 0 aliphatic carbocycles. The van der Waals surface area contributed by atoms with E-state index in [4.69, 9.17) is 33.0 Å². The van der Waals surface area contributed by atoms with Crippen molar-refractivity contribution in [3.05, 3.63) is 40.4 Å². The maximum absolute atomic E-state index is 10.1. The van der Waals surface area contributed by atoms with Crippen LogP contribution in [0.5, 0.6) is 5.75 Å². The van der Waals surface area contributed by atoms with Gasteiger partial charge in [0.15, 0.2) is 0 Å². The lowest BCUT2D eigenvalue weighted by Gasteiger charge is -2.04. The molecule has 0 unspecified atom stereocenters. The molecule has 0 fully saturated rings. The molecular formula is C10H8Cl2O3. The third kappa shape index (κ3) is 4.23. The van der Waals surface area contributed by atoms with Crippen LogP contribution in [0.4, 0.5) is 0 Å². The zero-order valence-electron chi connectivity index (χ0n) is 7.61. The molecule has 0 amide bonds. The number of aliphatic carboxylic acids is 1. The van der Waals surface area contributed by atoms with Crippen LogP contribution in [0, 0.1) is 0 Å². The molecule has 0 heterocycles. The first-order valence-corrected chi connectivity index (χ1v) is 4.82. The first-order valence-electron chi connectivity index (χ1n) is 4.07. The first-order chi connectivity index (χ1) is 7.09. The van der Waals surface area contributed by atoms with Gasteiger partial charge in [0.05, 0.1) is 5.02 Å². The van der Waals surface area contributed by atoms with Crippen LogP contribution in [0.2, 0.25) is 10.0 Å². The zero-order chi connectivity index (χ0) is 11.3. The second-order valence-corrected chi connectivity index (χ2v) is 3.47. The second-order valence-electron chi connectivity index (χ2n) is 2.63. The number of rotatable bonds is 4. The van der Waals surface area contributed by atoms with Gasteiger partial charge < -0.3 is 9.84 Å². The Labute approximate surface area is 96.9 Å². The highest BCUT2D eigenvalue weighted by Crippen LogP contribution is 2.27. The predicted molar refractivity (Wildman–Crippen MR) is 58.7 cm³/mol. The molecule has 0 aliphatic heterocycles.